The van der Waals surface area contributed by atoms with E-state index in [9.17, 15) is 0 Å². The Labute approximate surface area is 145 Å². The Kier molecular flexibility index (Phi) is 3.49. The predicted molar refractivity (Wildman–Crippen MR) is 97.0 cm³/mol. The van der Waals surface area contributed by atoms with Crippen molar-refractivity contribution in [2.45, 2.75) is 20.4 Å². The number of anilines is 1. The summed E-state index contributed by atoms with van der Waals surface area (Å²) < 4.78 is 3.79. The molecule has 0 saturated carbocycles. The summed E-state index contributed by atoms with van der Waals surface area (Å²) in [5, 5.41) is 10.0. The molecule has 0 unspecified atom stereocenters. The smallest absolute Gasteiger partial charge is 0.163 e. The first-order valence-corrected chi connectivity index (χ1v) is 8.07. The van der Waals surface area contributed by atoms with Crippen molar-refractivity contribution in [3.05, 3.63) is 53.6 Å². The minimum absolute atomic E-state index is 0.458. The van der Waals surface area contributed by atoms with Crippen LogP contribution in [-0.4, -0.2) is 29.5 Å². The van der Waals surface area contributed by atoms with Crippen molar-refractivity contribution in [1.82, 2.24) is 29.5 Å². The minimum atomic E-state index is 0.458. The Hall–Kier alpha value is -3.22. The predicted octanol–water partition coefficient (Wildman–Crippen LogP) is 2.47. The highest BCUT2D eigenvalue weighted by Crippen LogP contribution is 2.28. The standard InChI is InChI=1S/C18H19N7/c1-11-14(16(24(3)22-11)13-7-5-4-6-8-13)9-25-18-15(12(2)23-25)17(19)20-10-21-18/h4-8,10H,9H2,1-3H3,(H2,19,20,21). The van der Waals surface area contributed by atoms with E-state index in [0.717, 1.165) is 39.2 Å². The Bertz CT molecular complexity index is 1060. The number of hydrogen-bond acceptors (Lipinski definition) is 5. The maximum atomic E-state index is 6.00. The van der Waals surface area contributed by atoms with Gasteiger partial charge < -0.3 is 5.73 Å². The number of aromatic nitrogens is 6. The van der Waals surface area contributed by atoms with Crippen molar-refractivity contribution >= 4 is 16.9 Å². The van der Waals surface area contributed by atoms with E-state index in [4.69, 9.17) is 5.73 Å². The molecule has 0 aliphatic carbocycles. The largest absolute Gasteiger partial charge is 0.383 e. The summed E-state index contributed by atoms with van der Waals surface area (Å²) in [5.41, 5.74) is 11.9. The fraction of sp³-hybridized carbons (Fsp3) is 0.222. The first-order valence-electron chi connectivity index (χ1n) is 8.07. The molecular weight excluding hydrogens is 314 g/mol. The van der Waals surface area contributed by atoms with Gasteiger partial charge in [0.25, 0.3) is 0 Å². The van der Waals surface area contributed by atoms with Gasteiger partial charge in [0.15, 0.2) is 5.65 Å². The number of hydrogen-bond donors (Lipinski definition) is 1. The molecule has 0 fully saturated rings. The molecule has 1 aromatic carbocycles. The van der Waals surface area contributed by atoms with Gasteiger partial charge in [0.2, 0.25) is 0 Å². The van der Waals surface area contributed by atoms with Crippen molar-refractivity contribution in [1.29, 1.82) is 0 Å². The molecule has 0 bridgehead atoms. The second-order valence-corrected chi connectivity index (χ2v) is 6.10. The van der Waals surface area contributed by atoms with E-state index in [-0.39, 0.29) is 0 Å². The van der Waals surface area contributed by atoms with Crippen molar-refractivity contribution in [2.24, 2.45) is 7.05 Å². The number of fused-ring (bicyclic) bond motifs is 1. The van der Waals surface area contributed by atoms with E-state index in [1.54, 1.807) is 0 Å². The molecule has 7 heteroatoms. The molecule has 4 rings (SSSR count). The monoisotopic (exact) mass is 333 g/mol. The molecule has 0 amide bonds. The number of aryl methyl sites for hydroxylation is 3. The van der Waals surface area contributed by atoms with E-state index in [2.05, 4.69) is 32.3 Å². The molecule has 126 valence electrons. The lowest BCUT2D eigenvalue weighted by Crippen LogP contribution is -2.05. The van der Waals surface area contributed by atoms with Gasteiger partial charge in [0.05, 0.1) is 29.0 Å². The summed E-state index contributed by atoms with van der Waals surface area (Å²) in [4.78, 5) is 8.45. The van der Waals surface area contributed by atoms with Gasteiger partial charge in [0.1, 0.15) is 12.1 Å². The van der Waals surface area contributed by atoms with Gasteiger partial charge in [-0.05, 0) is 13.8 Å². The fourth-order valence-electron chi connectivity index (χ4n) is 3.32. The van der Waals surface area contributed by atoms with Gasteiger partial charge in [-0.3, -0.25) is 4.68 Å². The van der Waals surface area contributed by atoms with Crippen LogP contribution in [0.15, 0.2) is 36.7 Å². The number of nitrogen functional groups attached to an aromatic ring is 1. The minimum Gasteiger partial charge on any atom is -0.383 e. The van der Waals surface area contributed by atoms with Crippen molar-refractivity contribution in [2.75, 3.05) is 5.73 Å². The molecule has 0 saturated heterocycles. The number of nitrogens with zero attached hydrogens (tertiary/aromatic N) is 6. The summed E-state index contributed by atoms with van der Waals surface area (Å²) in [6, 6.07) is 10.3. The van der Waals surface area contributed by atoms with Crippen LogP contribution in [-0.2, 0) is 13.6 Å². The lowest BCUT2D eigenvalue weighted by molar-refractivity contribution is 0.693. The molecule has 0 aliphatic heterocycles. The molecule has 3 aromatic heterocycles. The van der Waals surface area contributed by atoms with Crippen molar-refractivity contribution < 1.29 is 0 Å². The van der Waals surface area contributed by atoms with Gasteiger partial charge in [-0.25, -0.2) is 14.6 Å². The normalized spacial score (nSPS) is 11.3. The molecule has 7 nitrogen and oxygen atoms in total. The van der Waals surface area contributed by atoms with Gasteiger partial charge in [-0.1, -0.05) is 30.3 Å². The lowest BCUT2D eigenvalue weighted by atomic mass is 10.1. The molecule has 0 atom stereocenters. The first kappa shape index (κ1) is 15.3. The highest BCUT2D eigenvalue weighted by molar-refractivity contribution is 5.87. The summed E-state index contributed by atoms with van der Waals surface area (Å²) >= 11 is 0. The van der Waals surface area contributed by atoms with E-state index in [1.165, 1.54) is 6.33 Å². The van der Waals surface area contributed by atoms with E-state index >= 15 is 0 Å². The number of nitrogens with two attached hydrogens (primary N) is 1. The van der Waals surface area contributed by atoms with Crippen LogP contribution in [0.5, 0.6) is 0 Å². The number of benzene rings is 1. The molecule has 0 spiro atoms. The van der Waals surface area contributed by atoms with E-state index < -0.39 is 0 Å². The van der Waals surface area contributed by atoms with Gasteiger partial charge >= 0.3 is 0 Å². The molecule has 4 aromatic rings. The SMILES string of the molecule is Cc1nn(C)c(-c2ccccc2)c1Cn1nc(C)c2c(N)ncnc21. The van der Waals surface area contributed by atoms with Gasteiger partial charge in [-0.15, -0.1) is 0 Å². The van der Waals surface area contributed by atoms with Crippen LogP contribution in [0.2, 0.25) is 0 Å². The Morgan fingerprint density at radius 3 is 2.52 bits per heavy atom. The van der Waals surface area contributed by atoms with Crippen LogP contribution in [0.4, 0.5) is 5.82 Å². The summed E-state index contributed by atoms with van der Waals surface area (Å²) in [7, 11) is 1.96. The molecule has 0 radical (unpaired) electrons. The third-order valence-corrected chi connectivity index (χ3v) is 4.43. The Morgan fingerprint density at radius 1 is 1.00 bits per heavy atom. The average Bonchev–Trinajstić information content (AvgIpc) is 3.06. The average molecular weight is 333 g/mol. The van der Waals surface area contributed by atoms with Gasteiger partial charge in [-0.2, -0.15) is 10.2 Å². The molecular formula is C18H19N7. The quantitative estimate of drug-likeness (QED) is 0.622. The van der Waals surface area contributed by atoms with E-state index in [1.807, 2.05) is 48.5 Å². The summed E-state index contributed by atoms with van der Waals surface area (Å²) in [5.74, 6) is 0.458. The second kappa shape index (κ2) is 5.70. The maximum absolute atomic E-state index is 6.00. The lowest BCUT2D eigenvalue weighted by Gasteiger charge is -2.08. The summed E-state index contributed by atoms with van der Waals surface area (Å²) in [6.07, 6.45) is 1.48. The summed E-state index contributed by atoms with van der Waals surface area (Å²) in [6.45, 7) is 4.52. The van der Waals surface area contributed by atoms with Crippen LogP contribution in [0.3, 0.4) is 0 Å². The molecule has 0 aliphatic rings. The Balaban J connectivity index is 1.87. The molecule has 2 N–H and O–H groups in total. The van der Waals surface area contributed by atoms with Crippen molar-refractivity contribution in [3.63, 3.8) is 0 Å². The van der Waals surface area contributed by atoms with Crippen LogP contribution < -0.4 is 5.73 Å². The zero-order valence-electron chi connectivity index (χ0n) is 14.4. The van der Waals surface area contributed by atoms with Crippen LogP contribution >= 0.6 is 0 Å². The zero-order valence-corrected chi connectivity index (χ0v) is 14.4. The van der Waals surface area contributed by atoms with E-state index in [0.29, 0.717) is 12.4 Å². The Morgan fingerprint density at radius 2 is 1.76 bits per heavy atom. The third kappa shape index (κ3) is 2.44. The molecule has 3 heterocycles. The highest BCUT2D eigenvalue weighted by Gasteiger charge is 2.19. The zero-order chi connectivity index (χ0) is 17.6. The molecule has 25 heavy (non-hydrogen) atoms. The van der Waals surface area contributed by atoms with Crippen molar-refractivity contribution in [3.8, 4) is 11.3 Å². The maximum Gasteiger partial charge on any atom is 0.163 e. The van der Waals surface area contributed by atoms with Crippen LogP contribution in [0, 0.1) is 13.8 Å². The van der Waals surface area contributed by atoms with Crippen LogP contribution in [0.1, 0.15) is 17.0 Å². The first-order chi connectivity index (χ1) is 12.1. The number of rotatable bonds is 3. The van der Waals surface area contributed by atoms with Gasteiger partial charge in [0, 0.05) is 18.2 Å². The fourth-order valence-corrected chi connectivity index (χ4v) is 3.32. The topological polar surface area (TPSA) is 87.4 Å². The third-order valence-electron chi connectivity index (χ3n) is 4.43. The highest BCUT2D eigenvalue weighted by atomic mass is 15.3. The second-order valence-electron chi connectivity index (χ2n) is 6.10. The van der Waals surface area contributed by atoms with Crippen LogP contribution in [0.25, 0.3) is 22.3 Å².